The normalized spacial score (nSPS) is 17.7. The highest BCUT2D eigenvalue weighted by molar-refractivity contribution is 6.30. The smallest absolute Gasteiger partial charge is 0.273 e. The first-order valence-corrected chi connectivity index (χ1v) is 12.5. The molecular weight excluding hydrogens is 458 g/mol. The van der Waals surface area contributed by atoms with E-state index in [0.717, 1.165) is 59.4 Å². The molecule has 6 rings (SSSR count). The number of carbonyl (C=O) groups excluding carboxylic acids is 1. The minimum absolute atomic E-state index is 0.0506. The predicted octanol–water partition coefficient (Wildman–Crippen LogP) is 6.80. The molecule has 0 saturated heterocycles. The molecule has 35 heavy (non-hydrogen) atoms. The second-order valence-corrected chi connectivity index (χ2v) is 9.70. The van der Waals surface area contributed by atoms with Crippen molar-refractivity contribution in [2.45, 2.75) is 44.4 Å². The Morgan fingerprint density at radius 3 is 2.37 bits per heavy atom. The summed E-state index contributed by atoms with van der Waals surface area (Å²) >= 11 is 5.98. The molecule has 0 bridgehead atoms. The van der Waals surface area contributed by atoms with Crippen LogP contribution < -0.4 is 4.74 Å². The van der Waals surface area contributed by atoms with Crippen LogP contribution in [0.4, 0.5) is 0 Å². The van der Waals surface area contributed by atoms with E-state index in [9.17, 15) is 4.79 Å². The second-order valence-electron chi connectivity index (χ2n) is 9.26. The Morgan fingerprint density at radius 1 is 0.943 bits per heavy atom. The number of nitrogens with zero attached hydrogens (tertiary/aromatic N) is 2. The highest BCUT2D eigenvalue weighted by atomic mass is 35.5. The van der Waals surface area contributed by atoms with Crippen molar-refractivity contribution in [1.82, 2.24) is 15.1 Å². The van der Waals surface area contributed by atoms with Gasteiger partial charge in [0.05, 0.1) is 11.7 Å². The van der Waals surface area contributed by atoms with E-state index in [0.29, 0.717) is 17.3 Å². The third kappa shape index (κ3) is 4.10. The zero-order valence-corrected chi connectivity index (χ0v) is 20.0. The summed E-state index contributed by atoms with van der Waals surface area (Å²) in [4.78, 5) is 15.7. The number of H-pyrrole nitrogens is 1. The Morgan fingerprint density at radius 2 is 1.66 bits per heavy atom. The summed E-state index contributed by atoms with van der Waals surface area (Å²) in [6, 6.07) is 26.0. The molecule has 5 nitrogen and oxygen atoms in total. The maximum absolute atomic E-state index is 13.6. The van der Waals surface area contributed by atoms with Gasteiger partial charge >= 0.3 is 0 Å². The van der Waals surface area contributed by atoms with E-state index in [2.05, 4.69) is 27.2 Å². The SMILES string of the molecule is O=C1c2[nH]nc(-c3ccccc3)c2C(c2ccc(OCc3ccc(Cl)cc3)cc2)N1C1CCCC1. The van der Waals surface area contributed by atoms with Gasteiger partial charge in [-0.05, 0) is 48.2 Å². The molecule has 176 valence electrons. The summed E-state index contributed by atoms with van der Waals surface area (Å²) in [5.74, 6) is 0.839. The lowest BCUT2D eigenvalue weighted by atomic mass is 9.95. The van der Waals surface area contributed by atoms with Crippen molar-refractivity contribution in [3.8, 4) is 17.0 Å². The zero-order valence-electron chi connectivity index (χ0n) is 19.3. The average molecular weight is 484 g/mol. The van der Waals surface area contributed by atoms with Gasteiger partial charge in [0.25, 0.3) is 5.91 Å². The first-order valence-electron chi connectivity index (χ1n) is 12.1. The van der Waals surface area contributed by atoms with Crippen LogP contribution in [0.1, 0.15) is 58.9 Å². The molecule has 2 aliphatic rings. The number of amides is 1. The van der Waals surface area contributed by atoms with Gasteiger partial charge in [0.15, 0.2) is 0 Å². The van der Waals surface area contributed by atoms with Gasteiger partial charge in [-0.2, -0.15) is 5.10 Å². The minimum Gasteiger partial charge on any atom is -0.489 e. The number of halogens is 1. The summed E-state index contributed by atoms with van der Waals surface area (Å²) in [6.45, 7) is 0.469. The molecular formula is C29H26ClN3O2. The number of carbonyl (C=O) groups is 1. The van der Waals surface area contributed by atoms with Crippen LogP contribution in [0.25, 0.3) is 11.3 Å². The van der Waals surface area contributed by atoms with Crippen LogP contribution in [0.2, 0.25) is 5.02 Å². The van der Waals surface area contributed by atoms with Crippen LogP contribution in [0.5, 0.6) is 5.75 Å². The van der Waals surface area contributed by atoms with Gasteiger partial charge in [0.1, 0.15) is 18.1 Å². The van der Waals surface area contributed by atoms with Crippen molar-refractivity contribution in [3.05, 3.63) is 106 Å². The van der Waals surface area contributed by atoms with Crippen LogP contribution in [-0.4, -0.2) is 27.0 Å². The number of aromatic nitrogens is 2. The summed E-state index contributed by atoms with van der Waals surface area (Å²) in [5.41, 5.74) is 5.58. The van der Waals surface area contributed by atoms with Crippen molar-refractivity contribution in [2.24, 2.45) is 0 Å². The monoisotopic (exact) mass is 483 g/mol. The van der Waals surface area contributed by atoms with Crippen LogP contribution in [0.15, 0.2) is 78.9 Å². The van der Waals surface area contributed by atoms with E-state index < -0.39 is 0 Å². The molecule has 1 aliphatic carbocycles. The van der Waals surface area contributed by atoms with Crippen molar-refractivity contribution in [1.29, 1.82) is 0 Å². The number of aromatic amines is 1. The first kappa shape index (κ1) is 21.9. The molecule has 2 heterocycles. The van der Waals surface area contributed by atoms with Crippen LogP contribution in [0, 0.1) is 0 Å². The van der Waals surface area contributed by atoms with Crippen molar-refractivity contribution in [3.63, 3.8) is 0 Å². The molecule has 1 saturated carbocycles. The third-order valence-electron chi connectivity index (χ3n) is 7.08. The summed E-state index contributed by atoms with van der Waals surface area (Å²) in [6.07, 6.45) is 4.42. The Balaban J connectivity index is 1.33. The number of fused-ring (bicyclic) bond motifs is 1. The number of rotatable bonds is 6. The number of hydrogen-bond acceptors (Lipinski definition) is 3. The van der Waals surface area contributed by atoms with Gasteiger partial charge in [-0.15, -0.1) is 0 Å². The van der Waals surface area contributed by atoms with Crippen molar-refractivity contribution >= 4 is 17.5 Å². The molecule has 1 aromatic heterocycles. The Labute approximate surface area is 209 Å². The molecule has 1 unspecified atom stereocenters. The van der Waals surface area contributed by atoms with Crippen LogP contribution in [-0.2, 0) is 6.61 Å². The number of nitrogens with one attached hydrogen (secondary N) is 1. The van der Waals surface area contributed by atoms with Crippen LogP contribution in [0.3, 0.4) is 0 Å². The summed E-state index contributed by atoms with van der Waals surface area (Å²) in [5, 5.41) is 8.35. The molecule has 0 spiro atoms. The van der Waals surface area contributed by atoms with E-state index in [4.69, 9.17) is 16.3 Å². The summed E-state index contributed by atoms with van der Waals surface area (Å²) < 4.78 is 6.00. The average Bonchev–Trinajstić information content (AvgIpc) is 3.63. The fourth-order valence-electron chi connectivity index (χ4n) is 5.36. The molecule has 1 fully saturated rings. The predicted molar refractivity (Wildman–Crippen MR) is 137 cm³/mol. The topological polar surface area (TPSA) is 58.2 Å². The van der Waals surface area contributed by atoms with E-state index in [-0.39, 0.29) is 18.0 Å². The maximum Gasteiger partial charge on any atom is 0.273 e. The van der Waals surface area contributed by atoms with Crippen LogP contribution >= 0.6 is 11.6 Å². The fourth-order valence-corrected chi connectivity index (χ4v) is 5.49. The van der Waals surface area contributed by atoms with Crippen molar-refractivity contribution in [2.75, 3.05) is 0 Å². The van der Waals surface area contributed by atoms with E-state index in [1.54, 1.807) is 0 Å². The first-order chi connectivity index (χ1) is 17.2. The highest BCUT2D eigenvalue weighted by Crippen LogP contribution is 2.46. The Hall–Kier alpha value is -3.57. The van der Waals surface area contributed by atoms with Gasteiger partial charge in [-0.25, -0.2) is 0 Å². The van der Waals surface area contributed by atoms with Gasteiger partial charge < -0.3 is 9.64 Å². The van der Waals surface area contributed by atoms with Gasteiger partial charge in [0.2, 0.25) is 0 Å². The Bertz CT molecular complexity index is 1330. The Kier molecular flexibility index (Phi) is 5.78. The molecule has 1 N–H and O–H groups in total. The highest BCUT2D eigenvalue weighted by Gasteiger charge is 2.45. The molecule has 1 aliphatic heterocycles. The van der Waals surface area contributed by atoms with Crippen molar-refractivity contribution < 1.29 is 9.53 Å². The van der Waals surface area contributed by atoms with E-state index in [1.807, 2.05) is 66.7 Å². The zero-order chi connectivity index (χ0) is 23.8. The lowest BCUT2D eigenvalue weighted by Crippen LogP contribution is -2.37. The van der Waals surface area contributed by atoms with Gasteiger partial charge in [0, 0.05) is 22.2 Å². The lowest BCUT2D eigenvalue weighted by Gasteiger charge is -2.32. The van der Waals surface area contributed by atoms with Gasteiger partial charge in [-0.1, -0.05) is 79.0 Å². The molecule has 1 atom stereocenters. The molecule has 0 radical (unpaired) electrons. The minimum atomic E-state index is -0.167. The molecule has 1 amide bonds. The largest absolute Gasteiger partial charge is 0.489 e. The number of ether oxygens (including phenoxy) is 1. The lowest BCUT2D eigenvalue weighted by molar-refractivity contribution is 0.0660. The van der Waals surface area contributed by atoms with Gasteiger partial charge in [-0.3, -0.25) is 9.89 Å². The van der Waals surface area contributed by atoms with E-state index in [1.165, 1.54) is 0 Å². The van der Waals surface area contributed by atoms with E-state index >= 15 is 0 Å². The molecule has 3 aromatic carbocycles. The maximum atomic E-state index is 13.6. The molecule has 6 heteroatoms. The third-order valence-corrected chi connectivity index (χ3v) is 7.34. The molecule has 4 aromatic rings. The number of benzene rings is 3. The second kappa shape index (κ2) is 9.23. The standard InChI is InChI=1S/C29H26ClN3O2/c30-22-14-10-19(11-15-22)18-35-24-16-12-21(13-17-24)28-25-26(20-6-2-1-3-7-20)31-32-27(25)29(34)33(28)23-8-4-5-9-23/h1-3,6-7,10-17,23,28H,4-5,8-9,18H2,(H,31,32). The number of hydrogen-bond donors (Lipinski definition) is 1. The fraction of sp³-hybridized carbons (Fsp3) is 0.241. The summed E-state index contributed by atoms with van der Waals surface area (Å²) in [7, 11) is 0. The quantitative estimate of drug-likeness (QED) is 0.328.